The van der Waals surface area contributed by atoms with Gasteiger partial charge in [-0.1, -0.05) is 23.4 Å². The van der Waals surface area contributed by atoms with Crippen molar-refractivity contribution in [1.82, 2.24) is 29.9 Å². The summed E-state index contributed by atoms with van der Waals surface area (Å²) >= 11 is 0. The number of hydrogen-bond acceptors (Lipinski definition) is 7. The van der Waals surface area contributed by atoms with Crippen LogP contribution in [-0.2, 0) is 12.7 Å². The largest absolute Gasteiger partial charge is 0.433 e. The Morgan fingerprint density at radius 3 is 2.52 bits per heavy atom. The van der Waals surface area contributed by atoms with Crippen LogP contribution in [-0.4, -0.2) is 29.9 Å². The molecule has 0 aliphatic carbocycles. The Bertz CT molecular complexity index is 1290. The first-order valence-electron chi connectivity index (χ1n) is 8.90. The maximum absolute atomic E-state index is 12.9. The number of anilines is 1. The van der Waals surface area contributed by atoms with Gasteiger partial charge in [-0.25, -0.2) is 19.6 Å². The van der Waals surface area contributed by atoms with E-state index in [1.807, 2.05) is 0 Å². The molecule has 0 saturated carbocycles. The average molecular weight is 422 g/mol. The smallest absolute Gasteiger partial charge is 0.368 e. The Labute approximate surface area is 173 Å². The molecule has 0 radical (unpaired) electrons. The minimum absolute atomic E-state index is 0.00366. The van der Waals surface area contributed by atoms with Crippen LogP contribution in [0.3, 0.4) is 0 Å². The summed E-state index contributed by atoms with van der Waals surface area (Å²) in [5, 5.41) is 17.1. The Kier molecular flexibility index (Phi) is 5.04. The summed E-state index contributed by atoms with van der Waals surface area (Å²) < 4.78 is 39.9. The summed E-state index contributed by atoms with van der Waals surface area (Å²) in [5.74, 6) is 0.00366. The van der Waals surface area contributed by atoms with Crippen molar-refractivity contribution in [2.24, 2.45) is 0 Å². The molecule has 0 spiro atoms. The predicted molar refractivity (Wildman–Crippen MR) is 104 cm³/mol. The molecule has 4 rings (SSSR count). The number of nitrogens with zero attached hydrogens (tertiary/aromatic N) is 7. The van der Waals surface area contributed by atoms with Gasteiger partial charge in [0.2, 0.25) is 5.95 Å². The molecule has 3 heterocycles. The SMILES string of the molecule is N#Cc1cccc(-c2cc(-c3cn(Cc4cccc(C(F)(F)F)n4)nn3)nc(N)n2)c1. The lowest BCUT2D eigenvalue weighted by molar-refractivity contribution is -0.141. The van der Waals surface area contributed by atoms with Crippen molar-refractivity contribution in [2.45, 2.75) is 12.7 Å². The number of hydrogen-bond donors (Lipinski definition) is 1. The average Bonchev–Trinajstić information content (AvgIpc) is 3.21. The van der Waals surface area contributed by atoms with Gasteiger partial charge in [0.05, 0.1) is 41.5 Å². The summed E-state index contributed by atoms with van der Waals surface area (Å²) in [6, 6.07) is 14.2. The first-order valence-corrected chi connectivity index (χ1v) is 8.90. The highest BCUT2D eigenvalue weighted by molar-refractivity contribution is 5.68. The predicted octanol–water partition coefficient (Wildman–Crippen LogP) is 3.32. The molecule has 0 fully saturated rings. The van der Waals surface area contributed by atoms with Gasteiger partial charge in [0.25, 0.3) is 0 Å². The molecule has 0 amide bonds. The lowest BCUT2D eigenvalue weighted by Gasteiger charge is -2.07. The van der Waals surface area contributed by atoms with E-state index in [0.717, 1.165) is 6.07 Å². The molecule has 0 saturated heterocycles. The van der Waals surface area contributed by atoms with Gasteiger partial charge in [-0.2, -0.15) is 18.4 Å². The van der Waals surface area contributed by atoms with Gasteiger partial charge in [0, 0.05) is 5.56 Å². The van der Waals surface area contributed by atoms with Gasteiger partial charge >= 0.3 is 6.18 Å². The molecule has 0 bridgehead atoms. The number of nitrogens with two attached hydrogens (primary N) is 1. The third-order valence-electron chi connectivity index (χ3n) is 4.25. The van der Waals surface area contributed by atoms with Gasteiger partial charge in [-0.05, 0) is 30.3 Å². The normalized spacial score (nSPS) is 11.3. The Morgan fingerprint density at radius 2 is 1.74 bits per heavy atom. The maximum Gasteiger partial charge on any atom is 0.433 e. The van der Waals surface area contributed by atoms with Crippen molar-refractivity contribution in [1.29, 1.82) is 5.26 Å². The van der Waals surface area contributed by atoms with Gasteiger partial charge < -0.3 is 5.73 Å². The van der Waals surface area contributed by atoms with E-state index < -0.39 is 11.9 Å². The number of benzene rings is 1. The van der Waals surface area contributed by atoms with E-state index in [2.05, 4.69) is 31.3 Å². The van der Waals surface area contributed by atoms with Crippen LogP contribution in [0.5, 0.6) is 0 Å². The summed E-state index contributed by atoms with van der Waals surface area (Å²) in [6.07, 6.45) is -3.00. The van der Waals surface area contributed by atoms with E-state index >= 15 is 0 Å². The maximum atomic E-state index is 12.9. The number of nitriles is 1. The van der Waals surface area contributed by atoms with Crippen molar-refractivity contribution in [3.63, 3.8) is 0 Å². The molecule has 0 aliphatic rings. The number of pyridine rings is 1. The summed E-state index contributed by atoms with van der Waals surface area (Å²) in [6.45, 7) is -0.00540. The number of halogens is 3. The zero-order chi connectivity index (χ0) is 22.0. The van der Waals surface area contributed by atoms with Crippen molar-refractivity contribution in [2.75, 3.05) is 5.73 Å². The second kappa shape index (κ2) is 7.83. The third-order valence-corrected chi connectivity index (χ3v) is 4.25. The molecular weight excluding hydrogens is 409 g/mol. The molecule has 3 aromatic heterocycles. The van der Waals surface area contributed by atoms with Crippen LogP contribution in [0.1, 0.15) is 17.0 Å². The first kappa shape index (κ1) is 20.0. The minimum atomic E-state index is -4.53. The fourth-order valence-electron chi connectivity index (χ4n) is 2.88. The fourth-order valence-corrected chi connectivity index (χ4v) is 2.88. The van der Waals surface area contributed by atoms with E-state index in [4.69, 9.17) is 11.0 Å². The Balaban J connectivity index is 1.62. The van der Waals surface area contributed by atoms with Crippen molar-refractivity contribution >= 4 is 5.95 Å². The zero-order valence-corrected chi connectivity index (χ0v) is 15.7. The molecule has 154 valence electrons. The van der Waals surface area contributed by atoms with Crippen LogP contribution in [0.2, 0.25) is 0 Å². The summed E-state index contributed by atoms with van der Waals surface area (Å²) in [7, 11) is 0. The van der Waals surface area contributed by atoms with E-state index in [1.165, 1.54) is 23.0 Å². The van der Waals surface area contributed by atoms with Crippen molar-refractivity contribution in [3.8, 4) is 28.7 Å². The molecule has 31 heavy (non-hydrogen) atoms. The summed E-state index contributed by atoms with van der Waals surface area (Å²) in [4.78, 5) is 12.0. The standard InChI is InChI=1S/C20H13F3N8/c21-20(22,23)18-6-2-5-14(26-18)10-31-11-17(29-30-31)16-8-15(27-19(25)28-16)13-4-1-3-12(7-13)9-24/h1-8,11H,10H2,(H2,25,27,28). The van der Waals surface area contributed by atoms with Gasteiger partial charge in [0.1, 0.15) is 11.4 Å². The fraction of sp³-hybridized carbons (Fsp3) is 0.100. The highest BCUT2D eigenvalue weighted by Gasteiger charge is 2.32. The van der Waals surface area contributed by atoms with Crippen LogP contribution in [0.25, 0.3) is 22.6 Å². The monoisotopic (exact) mass is 422 g/mol. The van der Waals surface area contributed by atoms with Crippen LogP contribution < -0.4 is 5.73 Å². The number of rotatable bonds is 4. The first-order chi connectivity index (χ1) is 14.8. The van der Waals surface area contributed by atoms with E-state index in [1.54, 1.807) is 30.3 Å². The second-order valence-electron chi connectivity index (χ2n) is 6.50. The molecular formula is C20H13F3N8. The second-order valence-corrected chi connectivity index (χ2v) is 6.50. The Morgan fingerprint density at radius 1 is 0.968 bits per heavy atom. The van der Waals surface area contributed by atoms with Crippen LogP contribution in [0, 0.1) is 11.3 Å². The molecule has 0 unspecified atom stereocenters. The number of alkyl halides is 3. The molecule has 1 aromatic carbocycles. The van der Waals surface area contributed by atoms with E-state index in [0.29, 0.717) is 28.2 Å². The summed E-state index contributed by atoms with van der Waals surface area (Å²) in [5.41, 5.74) is 7.42. The quantitative estimate of drug-likeness (QED) is 0.536. The minimum Gasteiger partial charge on any atom is -0.368 e. The van der Waals surface area contributed by atoms with Gasteiger partial charge in [-0.3, -0.25) is 0 Å². The van der Waals surface area contributed by atoms with Crippen LogP contribution >= 0.6 is 0 Å². The lowest BCUT2D eigenvalue weighted by Crippen LogP contribution is -2.11. The molecule has 4 aromatic rings. The van der Waals surface area contributed by atoms with E-state index in [9.17, 15) is 13.2 Å². The molecule has 0 atom stereocenters. The number of nitrogen functional groups attached to an aromatic ring is 1. The topological polar surface area (TPSA) is 119 Å². The van der Waals surface area contributed by atoms with E-state index in [-0.39, 0.29) is 18.2 Å². The lowest BCUT2D eigenvalue weighted by atomic mass is 10.1. The van der Waals surface area contributed by atoms with Gasteiger partial charge in [0.15, 0.2) is 0 Å². The Hall–Kier alpha value is -4.33. The molecule has 0 aliphatic heterocycles. The molecule has 8 nitrogen and oxygen atoms in total. The third kappa shape index (κ3) is 4.48. The molecule has 2 N–H and O–H groups in total. The highest BCUT2D eigenvalue weighted by Crippen LogP contribution is 2.28. The molecule has 11 heteroatoms. The zero-order valence-electron chi connectivity index (χ0n) is 15.7. The van der Waals surface area contributed by atoms with Crippen LogP contribution in [0.15, 0.2) is 54.7 Å². The van der Waals surface area contributed by atoms with Crippen LogP contribution in [0.4, 0.5) is 19.1 Å². The highest BCUT2D eigenvalue weighted by atomic mass is 19.4. The van der Waals surface area contributed by atoms with Crippen molar-refractivity contribution in [3.05, 3.63) is 71.7 Å². The van der Waals surface area contributed by atoms with Gasteiger partial charge in [-0.15, -0.1) is 5.10 Å². The van der Waals surface area contributed by atoms with Crippen molar-refractivity contribution < 1.29 is 13.2 Å². The number of aromatic nitrogens is 6.